The summed E-state index contributed by atoms with van der Waals surface area (Å²) in [5.41, 5.74) is 1.79. The van der Waals surface area contributed by atoms with Crippen molar-refractivity contribution in [1.29, 1.82) is 0 Å². The van der Waals surface area contributed by atoms with E-state index in [1.165, 1.54) is 12.1 Å². The summed E-state index contributed by atoms with van der Waals surface area (Å²) in [5, 5.41) is 15.1. The van der Waals surface area contributed by atoms with Gasteiger partial charge in [0.1, 0.15) is 0 Å². The third-order valence-corrected chi connectivity index (χ3v) is 5.24. The van der Waals surface area contributed by atoms with E-state index in [0.717, 1.165) is 5.69 Å². The van der Waals surface area contributed by atoms with Crippen LogP contribution in [0.5, 0.6) is 0 Å². The predicted octanol–water partition coefficient (Wildman–Crippen LogP) is 1.52. The van der Waals surface area contributed by atoms with E-state index in [1.54, 1.807) is 37.4 Å². The van der Waals surface area contributed by atoms with Gasteiger partial charge in [-0.1, -0.05) is 18.2 Å². The Morgan fingerprint density at radius 2 is 1.72 bits per heavy atom. The Balaban J connectivity index is 1.67. The normalized spacial score (nSPS) is 14.1. The molecule has 3 rings (SSSR count). The Kier molecular flexibility index (Phi) is 8.18. The number of aromatic carboxylic acids is 1. The molecule has 0 radical (unpaired) electrons. The molecule has 1 heterocycles. The van der Waals surface area contributed by atoms with Crippen molar-refractivity contribution in [3.05, 3.63) is 59.7 Å². The zero-order valence-electron chi connectivity index (χ0n) is 18.0. The second-order valence-corrected chi connectivity index (χ2v) is 7.46. The van der Waals surface area contributed by atoms with E-state index < -0.39 is 5.97 Å². The number of rotatable bonds is 9. The molecular formula is C23H28N4O5. The molecule has 0 bridgehead atoms. The van der Waals surface area contributed by atoms with Gasteiger partial charge in [0.2, 0.25) is 5.91 Å². The number of carboxylic acids is 1. The number of nitrogens with one attached hydrogen (secondary N) is 2. The summed E-state index contributed by atoms with van der Waals surface area (Å²) in [6.07, 6.45) is 0. The van der Waals surface area contributed by atoms with Gasteiger partial charge in [-0.2, -0.15) is 0 Å². The number of hydrogen-bond acceptors (Lipinski definition) is 6. The molecule has 170 valence electrons. The van der Waals surface area contributed by atoms with Crippen molar-refractivity contribution in [2.75, 3.05) is 63.2 Å². The minimum absolute atomic E-state index is 0.0443. The van der Waals surface area contributed by atoms with Crippen LogP contribution in [0.25, 0.3) is 0 Å². The molecule has 2 aromatic carbocycles. The molecule has 1 aliphatic rings. The highest BCUT2D eigenvalue weighted by atomic mass is 16.5. The van der Waals surface area contributed by atoms with Crippen LogP contribution < -0.4 is 15.5 Å². The average Bonchev–Trinajstić information content (AvgIpc) is 2.80. The summed E-state index contributed by atoms with van der Waals surface area (Å²) in [6, 6.07) is 13.5. The van der Waals surface area contributed by atoms with Crippen LogP contribution >= 0.6 is 0 Å². The third-order valence-electron chi connectivity index (χ3n) is 5.24. The number of hydrogen-bond donors (Lipinski definition) is 3. The second kappa shape index (κ2) is 11.3. The molecule has 0 spiro atoms. The molecule has 0 aromatic heterocycles. The number of carbonyl (C=O) groups excluding carboxylic acids is 2. The highest BCUT2D eigenvalue weighted by Crippen LogP contribution is 2.29. The molecule has 0 saturated carbocycles. The summed E-state index contributed by atoms with van der Waals surface area (Å²) in [5.74, 6) is -1.41. The second-order valence-electron chi connectivity index (χ2n) is 7.46. The first-order chi connectivity index (χ1) is 15.5. The van der Waals surface area contributed by atoms with Gasteiger partial charge in [0.25, 0.3) is 5.91 Å². The number of carboxylic acid groups (broad SMARTS) is 1. The fourth-order valence-corrected chi connectivity index (χ4v) is 3.53. The van der Waals surface area contributed by atoms with Gasteiger partial charge in [-0.05, 0) is 30.3 Å². The topological polar surface area (TPSA) is 111 Å². The van der Waals surface area contributed by atoms with E-state index in [-0.39, 0.29) is 17.4 Å². The first-order valence-corrected chi connectivity index (χ1v) is 10.4. The zero-order valence-corrected chi connectivity index (χ0v) is 18.0. The number of anilines is 2. The largest absolute Gasteiger partial charge is 0.478 e. The van der Waals surface area contributed by atoms with Crippen LogP contribution in [-0.2, 0) is 9.53 Å². The highest BCUT2D eigenvalue weighted by molar-refractivity contribution is 6.06. The fraction of sp³-hybridized carbons (Fsp3) is 0.348. The lowest BCUT2D eigenvalue weighted by atomic mass is 10.1. The van der Waals surface area contributed by atoms with Gasteiger partial charge in [0.05, 0.1) is 30.1 Å². The van der Waals surface area contributed by atoms with Crippen molar-refractivity contribution in [2.24, 2.45) is 0 Å². The van der Waals surface area contributed by atoms with Crippen molar-refractivity contribution >= 4 is 29.2 Å². The Morgan fingerprint density at radius 1 is 1.00 bits per heavy atom. The van der Waals surface area contributed by atoms with Gasteiger partial charge >= 0.3 is 5.97 Å². The van der Waals surface area contributed by atoms with Crippen molar-refractivity contribution in [1.82, 2.24) is 10.2 Å². The molecule has 32 heavy (non-hydrogen) atoms. The van der Waals surface area contributed by atoms with Crippen LogP contribution in [-0.4, -0.2) is 80.8 Å². The Labute approximate surface area is 187 Å². The molecule has 2 aromatic rings. The summed E-state index contributed by atoms with van der Waals surface area (Å²) in [4.78, 5) is 40.3. The molecule has 3 N–H and O–H groups in total. The van der Waals surface area contributed by atoms with E-state index in [0.29, 0.717) is 57.1 Å². The molecule has 9 heteroatoms. The summed E-state index contributed by atoms with van der Waals surface area (Å²) in [7, 11) is 1.59. The zero-order chi connectivity index (χ0) is 22.9. The van der Waals surface area contributed by atoms with Crippen LogP contribution in [0, 0.1) is 0 Å². The van der Waals surface area contributed by atoms with Gasteiger partial charge in [-0.15, -0.1) is 0 Å². The molecule has 1 fully saturated rings. The SMILES string of the molecule is COCCNC(=O)CN1CCN(c2ccc(C(=O)O)cc2NC(=O)c2ccccc2)CC1. The Hall–Kier alpha value is -3.43. The summed E-state index contributed by atoms with van der Waals surface area (Å²) in [6.45, 7) is 3.90. The first kappa shape index (κ1) is 23.2. The molecule has 9 nitrogen and oxygen atoms in total. The number of piperazine rings is 1. The van der Waals surface area contributed by atoms with E-state index in [1.807, 2.05) is 6.07 Å². The Morgan fingerprint density at radius 3 is 2.38 bits per heavy atom. The summed E-state index contributed by atoms with van der Waals surface area (Å²) >= 11 is 0. The minimum atomic E-state index is -1.06. The van der Waals surface area contributed by atoms with E-state index in [2.05, 4.69) is 20.4 Å². The third kappa shape index (κ3) is 6.29. The lowest BCUT2D eigenvalue weighted by Crippen LogP contribution is -2.50. The van der Waals surface area contributed by atoms with Gasteiger partial charge in [0.15, 0.2) is 0 Å². The van der Waals surface area contributed by atoms with Crippen LogP contribution in [0.1, 0.15) is 20.7 Å². The molecular weight excluding hydrogens is 412 g/mol. The quantitative estimate of drug-likeness (QED) is 0.507. The van der Waals surface area contributed by atoms with Crippen LogP contribution in [0.2, 0.25) is 0 Å². The highest BCUT2D eigenvalue weighted by Gasteiger charge is 2.22. The van der Waals surface area contributed by atoms with E-state index in [9.17, 15) is 19.5 Å². The standard InChI is InChI=1S/C23H28N4O5/c1-32-14-9-24-21(28)16-26-10-12-27(13-11-26)20-8-7-18(23(30)31)15-19(20)25-22(29)17-5-3-2-4-6-17/h2-8,15H,9-14,16H2,1H3,(H,24,28)(H,25,29)(H,30,31). The number of amides is 2. The number of methoxy groups -OCH3 is 1. The van der Waals surface area contributed by atoms with E-state index in [4.69, 9.17) is 4.74 Å². The van der Waals surface area contributed by atoms with Crippen LogP contribution in [0.15, 0.2) is 48.5 Å². The maximum atomic E-state index is 12.7. The lowest BCUT2D eigenvalue weighted by molar-refractivity contribution is -0.122. The number of benzene rings is 2. The maximum absolute atomic E-state index is 12.7. The van der Waals surface area contributed by atoms with Crippen molar-refractivity contribution in [3.8, 4) is 0 Å². The van der Waals surface area contributed by atoms with Gasteiger partial charge in [0, 0.05) is 45.4 Å². The van der Waals surface area contributed by atoms with E-state index >= 15 is 0 Å². The number of nitrogens with zero attached hydrogens (tertiary/aromatic N) is 2. The van der Waals surface area contributed by atoms with Crippen molar-refractivity contribution in [3.63, 3.8) is 0 Å². The van der Waals surface area contributed by atoms with Gasteiger partial charge < -0.3 is 25.4 Å². The smallest absolute Gasteiger partial charge is 0.335 e. The van der Waals surface area contributed by atoms with Crippen molar-refractivity contribution < 1.29 is 24.2 Å². The average molecular weight is 441 g/mol. The molecule has 2 amide bonds. The van der Waals surface area contributed by atoms with Crippen molar-refractivity contribution in [2.45, 2.75) is 0 Å². The predicted molar refractivity (Wildman–Crippen MR) is 121 cm³/mol. The molecule has 1 aliphatic heterocycles. The number of carbonyl (C=O) groups is 3. The Bertz CT molecular complexity index is 943. The monoisotopic (exact) mass is 440 g/mol. The van der Waals surface area contributed by atoms with Crippen LogP contribution in [0.3, 0.4) is 0 Å². The minimum Gasteiger partial charge on any atom is -0.478 e. The number of ether oxygens (including phenoxy) is 1. The molecule has 0 unspecified atom stereocenters. The molecule has 1 saturated heterocycles. The summed E-state index contributed by atoms with van der Waals surface area (Å²) < 4.78 is 4.93. The fourth-order valence-electron chi connectivity index (χ4n) is 3.53. The molecule has 0 aliphatic carbocycles. The first-order valence-electron chi connectivity index (χ1n) is 10.4. The maximum Gasteiger partial charge on any atom is 0.335 e. The van der Waals surface area contributed by atoms with Gasteiger partial charge in [-0.3, -0.25) is 14.5 Å². The lowest BCUT2D eigenvalue weighted by Gasteiger charge is -2.36. The van der Waals surface area contributed by atoms with Crippen LogP contribution in [0.4, 0.5) is 11.4 Å². The molecule has 0 atom stereocenters. The van der Waals surface area contributed by atoms with Gasteiger partial charge in [-0.25, -0.2) is 4.79 Å².